The van der Waals surface area contributed by atoms with Gasteiger partial charge < -0.3 is 27.4 Å². The highest BCUT2D eigenvalue weighted by molar-refractivity contribution is 6.17. The molecule has 28 aromatic rings. The van der Waals surface area contributed by atoms with Gasteiger partial charge in [-0.3, -0.25) is 0 Å². The van der Waals surface area contributed by atoms with Crippen LogP contribution in [0.1, 0.15) is 74.9 Å². The van der Waals surface area contributed by atoms with Gasteiger partial charge in [0, 0.05) is 132 Å². The highest BCUT2D eigenvalue weighted by Crippen LogP contribution is 2.55. The molecule has 9 nitrogen and oxygen atoms in total. The van der Waals surface area contributed by atoms with E-state index in [4.69, 9.17) is 15.0 Å². The molecule has 0 atom stereocenters. The van der Waals surface area contributed by atoms with Crippen molar-refractivity contribution in [3.05, 3.63) is 488 Å². The summed E-state index contributed by atoms with van der Waals surface area (Å²) >= 11 is 0. The zero-order valence-corrected chi connectivity index (χ0v) is 81.8. The molecular formula is C138H93N9. The third-order valence-corrected chi connectivity index (χ3v) is 33.3. The maximum atomic E-state index is 5.57. The van der Waals surface area contributed by atoms with E-state index < -0.39 is 0 Å². The van der Waals surface area contributed by atoms with E-state index >= 15 is 0 Å². The highest BCUT2D eigenvalue weighted by Gasteiger charge is 2.40. The molecule has 0 fully saturated rings. The van der Waals surface area contributed by atoms with Gasteiger partial charge >= 0.3 is 0 Å². The van der Waals surface area contributed by atoms with Crippen LogP contribution < -0.4 is 0 Å². The number of rotatable bonds is 12. The molecule has 3 aliphatic rings. The smallest absolute Gasteiger partial charge is 0.164 e. The van der Waals surface area contributed by atoms with Crippen molar-refractivity contribution in [3.8, 4) is 135 Å². The predicted molar refractivity (Wildman–Crippen MR) is 611 cm³/mol. The molecule has 690 valence electrons. The van der Waals surface area contributed by atoms with E-state index in [1.165, 1.54) is 154 Å². The molecule has 0 bridgehead atoms. The van der Waals surface area contributed by atoms with Crippen molar-refractivity contribution in [3.63, 3.8) is 0 Å². The molecule has 21 aromatic carbocycles. The van der Waals surface area contributed by atoms with E-state index in [-0.39, 0.29) is 16.2 Å². The average molecular weight is 1880 g/mol. The Labute approximate surface area is 848 Å². The van der Waals surface area contributed by atoms with Gasteiger partial charge in [-0.2, -0.15) is 0 Å². The summed E-state index contributed by atoms with van der Waals surface area (Å²) in [6.07, 6.45) is 0. The number of nitrogens with zero attached hydrogens (tertiary/aromatic N) is 9. The molecule has 7 aromatic heterocycles. The van der Waals surface area contributed by atoms with Gasteiger partial charge in [0.2, 0.25) is 0 Å². The number of para-hydroxylation sites is 6. The fraction of sp³-hybridized carbons (Fsp3) is 0.0652. The van der Waals surface area contributed by atoms with Crippen molar-refractivity contribution in [2.24, 2.45) is 0 Å². The van der Waals surface area contributed by atoms with Crippen LogP contribution in [0.15, 0.2) is 455 Å². The molecule has 0 spiro atoms. The largest absolute Gasteiger partial charge is 0.309 e. The van der Waals surface area contributed by atoms with Crippen molar-refractivity contribution in [2.45, 2.75) is 57.8 Å². The van der Waals surface area contributed by atoms with Crippen molar-refractivity contribution in [1.29, 1.82) is 0 Å². The monoisotopic (exact) mass is 1880 g/mol. The van der Waals surface area contributed by atoms with Crippen LogP contribution in [-0.2, 0) is 16.2 Å². The quantitative estimate of drug-likeness (QED) is 0.122. The second-order valence-electron chi connectivity index (χ2n) is 42.2. The minimum Gasteiger partial charge on any atom is -0.309 e. The standard InChI is InChI=1S/C138H93N9/c1-136(2)115-37-16-7-28-97(115)100-66-60-94(79-118(100)136)145-121-40-19-10-31-103(121)109-63-50-87(76-130(109)145)84-53-69-127-112(73-84)106-34-13-22-43-124(106)142(127)91-56-46-82(47-57-91)133-139-134(83-48-58-92(59-49-83)143-125-44-23-14-35-107(125)113-74-85(54-70-128(113)143)88-51-64-110-104-32-11-20-41-122(104)146(131(110)77-88)95-61-67-101-98-29-8-17-38-116(98)137(3,4)119(101)80-95)141-135(140-133)90-26-25-27-93(72-90)144-126-45-24-15-36-108(126)114-75-86(55-71-129(114)144)89-52-65-111-105-33-12-21-42-123(105)147(132(111)78-89)96-62-68-102-99-30-9-18-39-117(99)138(5,6)120(102)81-96/h7-81H,1-6H3. The molecular weight excluding hydrogens is 1780 g/mol. The van der Waals surface area contributed by atoms with Crippen molar-refractivity contribution in [2.75, 3.05) is 0 Å². The molecule has 0 N–H and O–H groups in total. The molecule has 0 aliphatic heterocycles. The van der Waals surface area contributed by atoms with E-state index in [1.807, 2.05) is 0 Å². The van der Waals surface area contributed by atoms with Crippen LogP contribution in [0, 0.1) is 0 Å². The maximum Gasteiger partial charge on any atom is 0.164 e. The topological polar surface area (TPSA) is 68.2 Å². The van der Waals surface area contributed by atoms with Gasteiger partial charge in [0.15, 0.2) is 17.5 Å². The Hall–Kier alpha value is -18.6. The first-order valence-corrected chi connectivity index (χ1v) is 51.2. The number of benzene rings is 21. The van der Waals surface area contributed by atoms with E-state index in [1.54, 1.807) is 0 Å². The lowest BCUT2D eigenvalue weighted by Crippen LogP contribution is -2.15. The lowest BCUT2D eigenvalue weighted by molar-refractivity contribution is 0.660. The molecule has 0 unspecified atom stereocenters. The molecule has 0 radical (unpaired) electrons. The molecule has 3 aliphatic carbocycles. The Bertz CT molecular complexity index is 10200. The first kappa shape index (κ1) is 83.1. The van der Waals surface area contributed by atoms with Crippen LogP contribution in [0.4, 0.5) is 0 Å². The van der Waals surface area contributed by atoms with Gasteiger partial charge in [-0.1, -0.05) is 308 Å². The lowest BCUT2D eigenvalue weighted by atomic mass is 9.82. The molecule has 0 saturated carbocycles. The van der Waals surface area contributed by atoms with Crippen LogP contribution in [0.5, 0.6) is 0 Å². The maximum absolute atomic E-state index is 5.57. The molecule has 147 heavy (non-hydrogen) atoms. The Morgan fingerprint density at radius 3 is 0.687 bits per heavy atom. The van der Waals surface area contributed by atoms with E-state index in [0.717, 1.165) is 128 Å². The van der Waals surface area contributed by atoms with Crippen molar-refractivity contribution in [1.82, 2.24) is 42.4 Å². The van der Waals surface area contributed by atoms with E-state index in [2.05, 4.69) is 524 Å². The van der Waals surface area contributed by atoms with E-state index in [9.17, 15) is 0 Å². The van der Waals surface area contributed by atoms with Gasteiger partial charge in [-0.05, 0) is 288 Å². The lowest BCUT2D eigenvalue weighted by Gasteiger charge is -2.22. The molecule has 7 heterocycles. The summed E-state index contributed by atoms with van der Waals surface area (Å²) in [6, 6.07) is 170. The fourth-order valence-electron chi connectivity index (χ4n) is 26.1. The second-order valence-corrected chi connectivity index (χ2v) is 42.2. The first-order valence-electron chi connectivity index (χ1n) is 51.2. The number of aromatic nitrogens is 9. The van der Waals surface area contributed by atoms with Gasteiger partial charge in [0.05, 0.1) is 66.2 Å². The van der Waals surface area contributed by atoms with Crippen LogP contribution in [-0.4, -0.2) is 42.4 Å². The molecule has 0 amide bonds. The number of hydrogen-bond donors (Lipinski definition) is 0. The van der Waals surface area contributed by atoms with Crippen LogP contribution in [0.25, 0.3) is 266 Å². The molecule has 31 rings (SSSR count). The minimum atomic E-state index is -0.142. The van der Waals surface area contributed by atoms with Crippen LogP contribution in [0.2, 0.25) is 0 Å². The van der Waals surface area contributed by atoms with Gasteiger partial charge in [-0.25, -0.2) is 15.0 Å². The summed E-state index contributed by atoms with van der Waals surface area (Å²) in [4.78, 5) is 16.7. The van der Waals surface area contributed by atoms with Crippen LogP contribution in [0.3, 0.4) is 0 Å². The first-order chi connectivity index (χ1) is 72.1. The second kappa shape index (κ2) is 30.7. The summed E-state index contributed by atoms with van der Waals surface area (Å²) in [7, 11) is 0. The third-order valence-electron chi connectivity index (χ3n) is 33.3. The van der Waals surface area contributed by atoms with Gasteiger partial charge in [-0.15, -0.1) is 0 Å². The fourth-order valence-corrected chi connectivity index (χ4v) is 26.1. The Morgan fingerprint density at radius 2 is 0.361 bits per heavy atom. The Balaban J connectivity index is 0.513. The zero-order chi connectivity index (χ0) is 97.3. The zero-order valence-electron chi connectivity index (χ0n) is 81.8. The third kappa shape index (κ3) is 12.1. The summed E-state index contributed by atoms with van der Waals surface area (Å²) in [5.74, 6) is 1.68. The summed E-state index contributed by atoms with van der Waals surface area (Å²) in [6.45, 7) is 14.2. The molecule has 0 saturated heterocycles. The highest BCUT2D eigenvalue weighted by atomic mass is 15.1. The molecule has 9 heteroatoms. The Kier molecular flexibility index (Phi) is 17.4. The summed E-state index contributed by atoms with van der Waals surface area (Å²) < 4.78 is 14.7. The minimum absolute atomic E-state index is 0.137. The summed E-state index contributed by atoms with van der Waals surface area (Å²) in [5.41, 5.74) is 45.5. The normalized spacial score (nSPS) is 13.7. The number of hydrogen-bond acceptors (Lipinski definition) is 3. The summed E-state index contributed by atoms with van der Waals surface area (Å²) in [5, 5.41) is 14.4. The van der Waals surface area contributed by atoms with Gasteiger partial charge in [0.25, 0.3) is 0 Å². The van der Waals surface area contributed by atoms with E-state index in [0.29, 0.717) is 17.5 Å². The van der Waals surface area contributed by atoms with Crippen molar-refractivity contribution < 1.29 is 0 Å². The Morgan fingerprint density at radius 1 is 0.136 bits per heavy atom. The van der Waals surface area contributed by atoms with Crippen LogP contribution >= 0.6 is 0 Å². The van der Waals surface area contributed by atoms with Gasteiger partial charge in [0.1, 0.15) is 0 Å². The number of fused-ring (bicyclic) bond motifs is 27. The van der Waals surface area contributed by atoms with Crippen molar-refractivity contribution >= 4 is 131 Å². The SMILES string of the molecule is CC1(C)c2ccccc2-c2ccc(-n3c4ccccc4c4ccc(-c5ccc6c(c5)c5ccccc5n6-c5ccc(-c6nc(-c7ccc(-n8c9ccccc9c9cc(-c%10ccc%11c%12ccccc%12n(-c%12ccc%13c(c%12)C(C)(C)c%12ccccc%12-%13)c%11c%10)ccc98)cc7)nc(-c7cccc(-n8c9ccccc9c9cc(-c%10ccc%11c%12ccccc%12n(-c%12ccc%13c(c%12)C(C)(C)c%12ccccc%12-%13)c%11c%10)ccc98)c7)n6)cc5)cc43)cc21. The average Bonchev–Trinajstić information content (AvgIpc) is 1.57. The predicted octanol–water partition coefficient (Wildman–Crippen LogP) is 35.4.